The van der Waals surface area contributed by atoms with E-state index in [-0.39, 0.29) is 11.6 Å². The number of ether oxygens (including phenoxy) is 1. The molecule has 1 fully saturated rings. The van der Waals surface area contributed by atoms with Crippen molar-refractivity contribution < 1.29 is 14.3 Å². The molecule has 0 bridgehead atoms. The molecule has 0 saturated heterocycles. The van der Waals surface area contributed by atoms with Crippen LogP contribution in [0.15, 0.2) is 34.2 Å². The van der Waals surface area contributed by atoms with E-state index in [9.17, 15) is 14.4 Å². The molecule has 2 aromatic rings. The number of urea groups is 1. The third-order valence-electron chi connectivity index (χ3n) is 4.92. The van der Waals surface area contributed by atoms with Crippen LogP contribution in [0.5, 0.6) is 0 Å². The summed E-state index contributed by atoms with van der Waals surface area (Å²) in [7, 11) is 1.56. The SMILES string of the molecule is COCCn1c(S[C@H](C)C(=O)NC(=O)NC2CCCC2)nc2ccccc2c1=O. The highest BCUT2D eigenvalue weighted by Gasteiger charge is 2.23. The summed E-state index contributed by atoms with van der Waals surface area (Å²) >= 11 is 1.15. The Kier molecular flexibility index (Phi) is 7.27. The summed E-state index contributed by atoms with van der Waals surface area (Å²) in [5.74, 6) is -0.425. The number of carbonyl (C=O) groups excluding carboxylic acids is 2. The van der Waals surface area contributed by atoms with Gasteiger partial charge in [-0.15, -0.1) is 0 Å². The minimum atomic E-state index is -0.605. The fraction of sp³-hybridized carbons (Fsp3) is 0.500. The number of methoxy groups -OCH3 is 1. The van der Waals surface area contributed by atoms with Gasteiger partial charge in [0.25, 0.3) is 5.56 Å². The molecule has 1 aliphatic carbocycles. The van der Waals surface area contributed by atoms with Crippen LogP contribution in [-0.2, 0) is 16.1 Å². The second kappa shape index (κ2) is 9.89. The van der Waals surface area contributed by atoms with Crippen molar-refractivity contribution in [1.82, 2.24) is 20.2 Å². The van der Waals surface area contributed by atoms with E-state index < -0.39 is 17.2 Å². The summed E-state index contributed by atoms with van der Waals surface area (Å²) in [5, 5.41) is 5.56. The number of hydrogen-bond donors (Lipinski definition) is 2. The van der Waals surface area contributed by atoms with E-state index in [1.54, 1.807) is 32.2 Å². The zero-order valence-electron chi connectivity index (χ0n) is 16.6. The fourth-order valence-electron chi connectivity index (χ4n) is 3.33. The van der Waals surface area contributed by atoms with Gasteiger partial charge >= 0.3 is 6.03 Å². The van der Waals surface area contributed by atoms with E-state index in [1.807, 2.05) is 6.07 Å². The lowest BCUT2D eigenvalue weighted by Crippen LogP contribution is -2.46. The number of nitrogens with zero attached hydrogens (tertiary/aromatic N) is 2. The lowest BCUT2D eigenvalue weighted by Gasteiger charge is -2.17. The van der Waals surface area contributed by atoms with Crippen LogP contribution < -0.4 is 16.2 Å². The van der Waals surface area contributed by atoms with Gasteiger partial charge in [-0.25, -0.2) is 9.78 Å². The number of para-hydroxylation sites is 1. The van der Waals surface area contributed by atoms with Gasteiger partial charge in [0.1, 0.15) is 0 Å². The Hall–Kier alpha value is -2.39. The molecule has 0 radical (unpaired) electrons. The van der Waals surface area contributed by atoms with Crippen LogP contribution in [-0.4, -0.2) is 46.5 Å². The van der Waals surface area contributed by atoms with E-state index in [0.717, 1.165) is 37.4 Å². The lowest BCUT2D eigenvalue weighted by atomic mass is 10.2. The number of aromatic nitrogens is 2. The van der Waals surface area contributed by atoms with Gasteiger partial charge in [-0.3, -0.25) is 19.5 Å². The monoisotopic (exact) mass is 418 g/mol. The van der Waals surface area contributed by atoms with Gasteiger partial charge in [-0.2, -0.15) is 0 Å². The number of nitrogens with one attached hydrogen (secondary N) is 2. The molecule has 29 heavy (non-hydrogen) atoms. The molecule has 1 aliphatic rings. The van der Waals surface area contributed by atoms with Gasteiger partial charge in [-0.1, -0.05) is 36.7 Å². The summed E-state index contributed by atoms with van der Waals surface area (Å²) in [6.07, 6.45) is 4.08. The van der Waals surface area contributed by atoms with Gasteiger partial charge < -0.3 is 10.1 Å². The van der Waals surface area contributed by atoms with Crippen molar-refractivity contribution in [2.75, 3.05) is 13.7 Å². The lowest BCUT2D eigenvalue weighted by molar-refractivity contribution is -0.119. The Bertz CT molecular complexity index is 940. The molecule has 1 aromatic heterocycles. The number of amides is 3. The van der Waals surface area contributed by atoms with Crippen molar-refractivity contribution >= 4 is 34.6 Å². The zero-order chi connectivity index (χ0) is 20.8. The van der Waals surface area contributed by atoms with Crippen molar-refractivity contribution in [1.29, 1.82) is 0 Å². The first-order chi connectivity index (χ1) is 14.0. The second-order valence-corrected chi connectivity index (χ2v) is 8.37. The molecule has 0 aliphatic heterocycles. The third-order valence-corrected chi connectivity index (χ3v) is 6.01. The van der Waals surface area contributed by atoms with Crippen LogP contribution in [0.3, 0.4) is 0 Å². The van der Waals surface area contributed by atoms with Crippen molar-refractivity contribution in [3.05, 3.63) is 34.6 Å². The summed E-state index contributed by atoms with van der Waals surface area (Å²) in [6, 6.07) is 6.75. The highest BCUT2D eigenvalue weighted by molar-refractivity contribution is 8.00. The molecular weight excluding hydrogens is 392 g/mol. The van der Waals surface area contributed by atoms with Crippen LogP contribution in [0.1, 0.15) is 32.6 Å². The Morgan fingerprint density at radius 3 is 2.76 bits per heavy atom. The molecule has 3 amide bonds. The first-order valence-corrected chi connectivity index (χ1v) is 10.6. The van der Waals surface area contributed by atoms with Gasteiger partial charge in [0.2, 0.25) is 5.91 Å². The number of carbonyl (C=O) groups is 2. The first-order valence-electron chi connectivity index (χ1n) is 9.76. The molecule has 0 unspecified atom stereocenters. The van der Waals surface area contributed by atoms with Crippen LogP contribution in [0.2, 0.25) is 0 Å². The van der Waals surface area contributed by atoms with Crippen molar-refractivity contribution in [3.8, 4) is 0 Å². The normalized spacial score (nSPS) is 15.4. The van der Waals surface area contributed by atoms with Crippen molar-refractivity contribution in [3.63, 3.8) is 0 Å². The number of benzene rings is 1. The summed E-state index contributed by atoms with van der Waals surface area (Å²) < 4.78 is 6.62. The second-order valence-electron chi connectivity index (χ2n) is 7.07. The van der Waals surface area contributed by atoms with Crippen LogP contribution in [0, 0.1) is 0 Å². The largest absolute Gasteiger partial charge is 0.383 e. The Morgan fingerprint density at radius 1 is 1.31 bits per heavy atom. The topological polar surface area (TPSA) is 102 Å². The Labute approximate surface area is 173 Å². The number of thioether (sulfide) groups is 1. The smallest absolute Gasteiger partial charge is 0.321 e. The maximum Gasteiger partial charge on any atom is 0.321 e. The van der Waals surface area contributed by atoms with E-state index in [1.165, 1.54) is 4.57 Å². The van der Waals surface area contributed by atoms with E-state index in [4.69, 9.17) is 4.74 Å². The highest BCUT2D eigenvalue weighted by Crippen LogP contribution is 2.23. The van der Waals surface area contributed by atoms with Crippen molar-refractivity contribution in [2.24, 2.45) is 0 Å². The number of rotatable bonds is 7. The quantitative estimate of drug-likeness (QED) is 0.528. The highest BCUT2D eigenvalue weighted by atomic mass is 32.2. The maximum atomic E-state index is 12.9. The van der Waals surface area contributed by atoms with Crippen LogP contribution >= 0.6 is 11.8 Å². The predicted molar refractivity (Wildman–Crippen MR) is 112 cm³/mol. The van der Waals surface area contributed by atoms with Gasteiger partial charge in [0, 0.05) is 13.2 Å². The van der Waals surface area contributed by atoms with E-state index in [2.05, 4.69) is 15.6 Å². The van der Waals surface area contributed by atoms with Crippen LogP contribution in [0.4, 0.5) is 4.79 Å². The molecule has 2 N–H and O–H groups in total. The minimum absolute atomic E-state index is 0.132. The molecule has 156 valence electrons. The summed E-state index contributed by atoms with van der Waals surface area (Å²) in [4.78, 5) is 42.0. The Morgan fingerprint density at radius 2 is 2.03 bits per heavy atom. The number of fused-ring (bicyclic) bond motifs is 1. The molecular formula is C20H26N4O4S. The molecule has 9 heteroatoms. The zero-order valence-corrected chi connectivity index (χ0v) is 17.5. The summed E-state index contributed by atoms with van der Waals surface area (Å²) in [6.45, 7) is 2.36. The Balaban J connectivity index is 1.74. The number of imide groups is 1. The third kappa shape index (κ3) is 5.36. The average Bonchev–Trinajstić information content (AvgIpc) is 3.20. The standard InChI is InChI=1S/C20H26N4O4S/c1-13(17(25)23-19(27)21-14-7-3-4-8-14)29-20-22-16-10-6-5-9-15(16)18(26)24(20)11-12-28-2/h5-6,9-10,13-14H,3-4,7-8,11-12H2,1-2H3,(H2,21,23,25,27)/t13-/m1/s1. The minimum Gasteiger partial charge on any atom is -0.383 e. The first kappa shape index (κ1) is 21.3. The molecule has 1 atom stereocenters. The maximum absolute atomic E-state index is 12.9. The molecule has 1 aromatic carbocycles. The predicted octanol–water partition coefficient (Wildman–Crippen LogP) is 2.29. The van der Waals surface area contributed by atoms with Gasteiger partial charge in [0.05, 0.1) is 29.3 Å². The molecule has 1 saturated carbocycles. The molecule has 1 heterocycles. The molecule has 3 rings (SSSR count). The van der Waals surface area contributed by atoms with Crippen LogP contribution in [0.25, 0.3) is 10.9 Å². The van der Waals surface area contributed by atoms with Crippen molar-refractivity contribution in [2.45, 2.75) is 55.6 Å². The molecule has 0 spiro atoms. The molecule has 8 nitrogen and oxygen atoms in total. The van der Waals surface area contributed by atoms with Gasteiger partial charge in [-0.05, 0) is 31.9 Å². The summed E-state index contributed by atoms with van der Waals surface area (Å²) in [5.41, 5.74) is 0.391. The van der Waals surface area contributed by atoms with E-state index in [0.29, 0.717) is 29.2 Å². The fourth-order valence-corrected chi connectivity index (χ4v) is 4.27. The average molecular weight is 419 g/mol. The van der Waals surface area contributed by atoms with Gasteiger partial charge in [0.15, 0.2) is 5.16 Å². The van der Waals surface area contributed by atoms with E-state index >= 15 is 0 Å². The number of hydrogen-bond acceptors (Lipinski definition) is 6.